The summed E-state index contributed by atoms with van der Waals surface area (Å²) in [5, 5.41) is 19.6. The van der Waals surface area contributed by atoms with Crippen LogP contribution in [-0.2, 0) is 21.9 Å². The molecule has 0 aliphatic heterocycles. The highest BCUT2D eigenvalue weighted by atomic mass is 28.5. The Balaban J connectivity index is -0.000000183. The van der Waals surface area contributed by atoms with Crippen LogP contribution < -0.4 is 5.11 Å². The van der Waals surface area contributed by atoms with Crippen molar-refractivity contribution in [1.82, 2.24) is 0 Å². The van der Waals surface area contributed by atoms with Crippen molar-refractivity contribution in [2.75, 3.05) is 40.9 Å². The van der Waals surface area contributed by atoms with Crippen LogP contribution in [0.2, 0.25) is 65.0 Å². The topological polar surface area (TPSA) is 97.3 Å². The lowest BCUT2D eigenvalue weighted by Crippen LogP contribution is -2.56. The Morgan fingerprint density at radius 2 is 1.32 bits per heavy atom. The first-order valence-corrected chi connectivity index (χ1v) is 25.0. The molecule has 0 fully saturated rings. The van der Waals surface area contributed by atoms with Crippen LogP contribution in [0.4, 0.5) is 0 Å². The maximum absolute atomic E-state index is 10.3. The van der Waals surface area contributed by atoms with Crippen LogP contribution in [-0.4, -0.2) is 96.3 Å². The molecule has 0 aromatic rings. The highest BCUT2D eigenvalue weighted by Gasteiger charge is 2.44. The van der Waals surface area contributed by atoms with E-state index in [9.17, 15) is 15.0 Å². The summed E-state index contributed by atoms with van der Waals surface area (Å²) in [7, 11) is -2.35. The summed E-state index contributed by atoms with van der Waals surface area (Å²) in [4.78, 5) is 10.3. The number of quaternary nitrogens is 1. The van der Waals surface area contributed by atoms with Crippen LogP contribution in [0, 0.1) is 0 Å². The Bertz CT molecular complexity index is 568. The second-order valence-corrected chi connectivity index (χ2v) is 28.3. The molecule has 37 heavy (non-hydrogen) atoms. The fourth-order valence-corrected chi connectivity index (χ4v) is 21.6. The third-order valence-electron chi connectivity index (χ3n) is 4.25. The first kappa shape index (κ1) is 46.9. The summed E-state index contributed by atoms with van der Waals surface area (Å²) in [5.74, 6) is -1.08. The lowest BCUT2D eigenvalue weighted by Gasteiger charge is -2.41. The number of nitrogens with zero attached hydrogens (tertiary/aromatic N) is 1. The molecular weight excluding hydrogens is 539 g/mol. The monoisotopic (exact) mass is 605 g/mol. The van der Waals surface area contributed by atoms with Gasteiger partial charge in [0.05, 0.1) is 20.1 Å². The van der Waals surface area contributed by atoms with Gasteiger partial charge in [0.2, 0.25) is 0 Å². The molecule has 0 aromatic carbocycles. The van der Waals surface area contributed by atoms with Crippen molar-refractivity contribution >= 4 is 39.7 Å². The lowest BCUT2D eigenvalue weighted by molar-refractivity contribution is -0.887. The van der Waals surface area contributed by atoms with Crippen LogP contribution in [0.3, 0.4) is 0 Å². The third kappa shape index (κ3) is 32.2. The number of aliphatic hydroxyl groups excluding tert-OH is 1. The van der Waals surface area contributed by atoms with Gasteiger partial charge in [0.15, 0.2) is 16.6 Å². The standard InChI is InChI=1S/C13H36O4Si4.C8H17NO3.C2H6.2CH4/c1-14-12-11-13-21(10,16-19(5,6)7)17-20(8,9)15-18(2,3)4;1-4-7(10)5-9(2,3)6-8(11)12;1-2;;/h11-13H2,1-10H3;7,10H,4-6H2,1-3H3;1-2H3;2*1H4. The summed E-state index contributed by atoms with van der Waals surface area (Å²) >= 11 is 0. The van der Waals surface area contributed by atoms with E-state index in [1.54, 1.807) is 21.2 Å². The second-order valence-electron chi connectivity index (χ2n) is 11.9. The normalized spacial score (nSPS) is 14.4. The third-order valence-corrected chi connectivity index (χ3v) is 17.8. The van der Waals surface area contributed by atoms with E-state index in [4.69, 9.17) is 17.1 Å². The average molecular weight is 606 g/mol. The molecule has 8 nitrogen and oxygen atoms in total. The minimum Gasteiger partial charge on any atom is -0.544 e. The van der Waals surface area contributed by atoms with E-state index >= 15 is 0 Å². The van der Waals surface area contributed by atoms with Crippen molar-refractivity contribution in [3.05, 3.63) is 0 Å². The average Bonchev–Trinajstić information content (AvgIpc) is 2.58. The molecule has 230 valence electrons. The Hall–Kier alpha value is 0.0975. The number of carboxylic acid groups (broad SMARTS) is 1. The lowest BCUT2D eigenvalue weighted by atomic mass is 10.2. The van der Waals surface area contributed by atoms with Gasteiger partial charge in [0.25, 0.3) is 0 Å². The van der Waals surface area contributed by atoms with Crippen molar-refractivity contribution in [3.63, 3.8) is 0 Å². The van der Waals surface area contributed by atoms with E-state index in [0.29, 0.717) is 13.0 Å². The van der Waals surface area contributed by atoms with Gasteiger partial charge >= 0.3 is 17.1 Å². The van der Waals surface area contributed by atoms with E-state index in [-0.39, 0.29) is 25.9 Å². The van der Waals surface area contributed by atoms with Gasteiger partial charge in [-0.15, -0.1) is 0 Å². The number of hydrogen-bond acceptors (Lipinski definition) is 7. The summed E-state index contributed by atoms with van der Waals surface area (Å²) in [6.07, 6.45) is 1.20. The van der Waals surface area contributed by atoms with Crippen molar-refractivity contribution in [1.29, 1.82) is 0 Å². The number of likely N-dealkylation sites (N-methyl/N-ethyl adjacent to an activating group) is 1. The number of rotatable bonds is 15. The molecule has 0 aliphatic rings. The number of carboxylic acids is 1. The van der Waals surface area contributed by atoms with Crippen LogP contribution in [0.15, 0.2) is 0 Å². The predicted molar refractivity (Wildman–Crippen MR) is 168 cm³/mol. The van der Waals surface area contributed by atoms with Crippen molar-refractivity contribution < 1.29 is 36.6 Å². The number of aliphatic carboxylic acids is 1. The van der Waals surface area contributed by atoms with Gasteiger partial charge in [-0.05, 0) is 77.8 Å². The van der Waals surface area contributed by atoms with Crippen LogP contribution in [0.1, 0.15) is 48.5 Å². The summed E-state index contributed by atoms with van der Waals surface area (Å²) in [5.41, 5.74) is 0. The molecule has 0 aromatic heterocycles. The second kappa shape index (κ2) is 20.9. The summed E-state index contributed by atoms with van der Waals surface area (Å²) in [6, 6.07) is 0.969. The molecule has 0 spiro atoms. The van der Waals surface area contributed by atoms with Gasteiger partial charge in [0, 0.05) is 13.7 Å². The van der Waals surface area contributed by atoms with E-state index < -0.39 is 45.8 Å². The zero-order valence-corrected chi connectivity index (χ0v) is 29.7. The number of carbonyl (C=O) groups excluding carboxylic acids is 1. The molecule has 2 unspecified atom stereocenters. The smallest absolute Gasteiger partial charge is 0.315 e. The van der Waals surface area contributed by atoms with Crippen LogP contribution in [0.25, 0.3) is 0 Å². The maximum atomic E-state index is 10.3. The summed E-state index contributed by atoms with van der Waals surface area (Å²) in [6.45, 7) is 26.9. The first-order valence-electron chi connectivity index (χ1n) is 12.8. The number of ether oxygens (including phenoxy) is 1. The highest BCUT2D eigenvalue weighted by molar-refractivity contribution is 6.89. The number of hydrogen-bond donors (Lipinski definition) is 1. The minimum atomic E-state index is -2.22. The molecule has 0 radical (unpaired) electrons. The van der Waals surface area contributed by atoms with Crippen molar-refractivity contribution in [3.8, 4) is 0 Å². The Morgan fingerprint density at radius 3 is 1.65 bits per heavy atom. The van der Waals surface area contributed by atoms with Gasteiger partial charge < -0.3 is 36.6 Å². The Kier molecular flexibility index (Phi) is 26.5. The molecule has 0 amide bonds. The maximum Gasteiger partial charge on any atom is 0.315 e. The molecule has 0 rings (SSSR count). The molecule has 0 aliphatic carbocycles. The van der Waals surface area contributed by atoms with Crippen LogP contribution in [0.5, 0.6) is 0 Å². The van der Waals surface area contributed by atoms with E-state index in [1.807, 2.05) is 20.8 Å². The molecule has 0 saturated heterocycles. The Morgan fingerprint density at radius 1 is 0.892 bits per heavy atom. The van der Waals surface area contributed by atoms with Gasteiger partial charge in [-0.3, -0.25) is 0 Å². The van der Waals surface area contributed by atoms with Crippen LogP contribution >= 0.6 is 0 Å². The first-order chi connectivity index (χ1) is 15.6. The van der Waals surface area contributed by atoms with E-state index in [1.165, 1.54) is 0 Å². The Labute approximate surface area is 236 Å². The fourth-order valence-electron chi connectivity index (χ4n) is 3.70. The number of aliphatic hydroxyl groups is 1. The van der Waals surface area contributed by atoms with E-state index in [2.05, 4.69) is 58.9 Å². The minimum absolute atomic E-state index is 0. The summed E-state index contributed by atoms with van der Waals surface area (Å²) < 4.78 is 24.8. The molecule has 12 heteroatoms. The zero-order valence-electron chi connectivity index (χ0n) is 25.7. The number of methoxy groups -OCH3 is 1. The number of carbonyl (C=O) groups is 1. The van der Waals surface area contributed by atoms with Gasteiger partial charge in [-0.25, -0.2) is 0 Å². The SMILES string of the molecule is C.C.CC.CCC(O)C[N+](C)(C)CC(=O)[O-].COCCC[Si](C)(O[Si](C)(C)C)O[Si](C)(C)O[Si](C)(C)C. The van der Waals surface area contributed by atoms with Crippen molar-refractivity contribution in [2.45, 2.75) is 120 Å². The van der Waals surface area contributed by atoms with Crippen molar-refractivity contribution in [2.24, 2.45) is 0 Å². The highest BCUT2D eigenvalue weighted by Crippen LogP contribution is 2.27. The molecule has 0 heterocycles. The zero-order chi connectivity index (χ0) is 28.7. The molecule has 2 atom stereocenters. The fraction of sp³-hybridized carbons (Fsp3) is 0.960. The largest absolute Gasteiger partial charge is 0.544 e. The van der Waals surface area contributed by atoms with Gasteiger partial charge in [-0.1, -0.05) is 35.6 Å². The molecule has 0 bridgehead atoms. The molecule has 1 N–H and O–H groups in total. The molecule has 0 saturated carbocycles. The van der Waals surface area contributed by atoms with E-state index in [0.717, 1.165) is 19.1 Å². The molecular formula is C25H67NO7Si4. The van der Waals surface area contributed by atoms with Gasteiger partial charge in [-0.2, -0.15) is 0 Å². The van der Waals surface area contributed by atoms with Gasteiger partial charge in [0.1, 0.15) is 19.2 Å². The predicted octanol–water partition coefficient (Wildman–Crippen LogP) is 5.40. The quantitative estimate of drug-likeness (QED) is 0.152.